The molecule has 2 aromatic carbocycles. The van der Waals surface area contributed by atoms with E-state index in [9.17, 15) is 13.2 Å². The summed E-state index contributed by atoms with van der Waals surface area (Å²) >= 11 is 0. The summed E-state index contributed by atoms with van der Waals surface area (Å²) in [6.07, 6.45) is 2.97. The van der Waals surface area contributed by atoms with Crippen molar-refractivity contribution < 1.29 is 13.2 Å². The van der Waals surface area contributed by atoms with Crippen molar-refractivity contribution in [3.63, 3.8) is 0 Å². The van der Waals surface area contributed by atoms with Gasteiger partial charge >= 0.3 is 0 Å². The number of carbonyl (C=O) groups is 1. The molecule has 2 saturated heterocycles. The van der Waals surface area contributed by atoms with Gasteiger partial charge in [-0.2, -0.15) is 0 Å². The average molecular weight is 436 g/mol. The van der Waals surface area contributed by atoms with Gasteiger partial charge in [0.1, 0.15) is 0 Å². The summed E-state index contributed by atoms with van der Waals surface area (Å²) in [6, 6.07) is 16.2. The van der Waals surface area contributed by atoms with Gasteiger partial charge in [-0.15, -0.1) is 12.4 Å². The Kier molecular flexibility index (Phi) is 6.95. The summed E-state index contributed by atoms with van der Waals surface area (Å²) in [5.74, 6) is -0.0729. The number of benzene rings is 2. The highest BCUT2D eigenvalue weighted by Crippen LogP contribution is 2.30. The molecule has 0 spiro atoms. The molecule has 8 heteroatoms. The molecule has 2 aromatic rings. The second-order valence-electron chi connectivity index (χ2n) is 7.43. The highest BCUT2D eigenvalue weighted by atomic mass is 35.5. The van der Waals surface area contributed by atoms with Gasteiger partial charge in [-0.3, -0.25) is 4.79 Å². The number of rotatable bonds is 5. The maximum atomic E-state index is 13.2. The summed E-state index contributed by atoms with van der Waals surface area (Å²) in [7, 11) is -3.70. The Morgan fingerprint density at radius 1 is 1.03 bits per heavy atom. The Morgan fingerprint density at radius 2 is 1.79 bits per heavy atom. The molecule has 0 aromatic heterocycles. The lowest BCUT2D eigenvalue weighted by Crippen LogP contribution is -2.42. The van der Waals surface area contributed by atoms with Gasteiger partial charge in [-0.25, -0.2) is 13.1 Å². The van der Waals surface area contributed by atoms with Gasteiger partial charge in [-0.1, -0.05) is 36.4 Å². The molecule has 0 saturated carbocycles. The van der Waals surface area contributed by atoms with Crippen LogP contribution in [0.5, 0.6) is 0 Å². The van der Waals surface area contributed by atoms with Crippen molar-refractivity contribution >= 4 is 28.3 Å². The third kappa shape index (κ3) is 4.80. The van der Waals surface area contributed by atoms with Crippen LogP contribution in [0.1, 0.15) is 35.2 Å². The number of nitrogens with zero attached hydrogens (tertiary/aromatic N) is 1. The van der Waals surface area contributed by atoms with Crippen molar-refractivity contribution in [2.24, 2.45) is 0 Å². The van der Waals surface area contributed by atoms with Crippen LogP contribution in [0.15, 0.2) is 59.5 Å². The Bertz CT molecular complexity index is 939. The molecule has 2 bridgehead atoms. The van der Waals surface area contributed by atoms with E-state index in [1.54, 1.807) is 12.1 Å². The Labute approximate surface area is 178 Å². The van der Waals surface area contributed by atoms with Crippen LogP contribution in [0.4, 0.5) is 0 Å². The lowest BCUT2D eigenvalue weighted by Gasteiger charge is -2.28. The molecule has 2 atom stereocenters. The van der Waals surface area contributed by atoms with Crippen LogP contribution in [0.2, 0.25) is 0 Å². The van der Waals surface area contributed by atoms with Crippen LogP contribution in [-0.4, -0.2) is 44.4 Å². The zero-order valence-corrected chi connectivity index (χ0v) is 17.7. The summed E-state index contributed by atoms with van der Waals surface area (Å²) in [5.41, 5.74) is 1.31. The van der Waals surface area contributed by atoms with Crippen molar-refractivity contribution in [3.8, 4) is 0 Å². The first-order valence-electron chi connectivity index (χ1n) is 9.71. The zero-order valence-electron chi connectivity index (χ0n) is 16.1. The average Bonchev–Trinajstić information content (AvgIpc) is 2.99. The molecular weight excluding hydrogens is 410 g/mol. The maximum Gasteiger partial charge on any atom is 0.254 e. The van der Waals surface area contributed by atoms with Gasteiger partial charge in [0.25, 0.3) is 5.91 Å². The maximum absolute atomic E-state index is 13.2. The first-order valence-corrected chi connectivity index (χ1v) is 11.2. The van der Waals surface area contributed by atoms with E-state index in [0.29, 0.717) is 5.56 Å². The molecule has 2 aliphatic rings. The fraction of sp³-hybridized carbons (Fsp3) is 0.381. The molecule has 156 valence electrons. The zero-order chi connectivity index (χ0) is 19.6. The lowest BCUT2D eigenvalue weighted by molar-refractivity contribution is 0.0680. The van der Waals surface area contributed by atoms with Crippen LogP contribution in [0, 0.1) is 0 Å². The Morgan fingerprint density at radius 3 is 2.59 bits per heavy atom. The van der Waals surface area contributed by atoms with E-state index in [1.807, 2.05) is 35.2 Å². The third-order valence-corrected chi connectivity index (χ3v) is 6.99. The van der Waals surface area contributed by atoms with Crippen molar-refractivity contribution in [1.82, 2.24) is 14.9 Å². The fourth-order valence-corrected chi connectivity index (χ4v) is 5.18. The van der Waals surface area contributed by atoms with Gasteiger partial charge in [0.2, 0.25) is 10.0 Å². The van der Waals surface area contributed by atoms with E-state index in [-0.39, 0.29) is 41.8 Å². The van der Waals surface area contributed by atoms with Crippen molar-refractivity contribution in [2.75, 3.05) is 13.1 Å². The van der Waals surface area contributed by atoms with Gasteiger partial charge < -0.3 is 10.2 Å². The van der Waals surface area contributed by atoms with E-state index in [1.165, 1.54) is 12.1 Å². The summed E-state index contributed by atoms with van der Waals surface area (Å²) in [5, 5.41) is 3.38. The monoisotopic (exact) mass is 435 g/mol. The van der Waals surface area contributed by atoms with Gasteiger partial charge in [0, 0.05) is 30.7 Å². The third-order valence-electron chi connectivity index (χ3n) is 5.59. The lowest BCUT2D eigenvalue weighted by atomic mass is 10.1. The van der Waals surface area contributed by atoms with Crippen molar-refractivity contribution in [2.45, 2.75) is 42.8 Å². The molecule has 2 heterocycles. The van der Waals surface area contributed by atoms with Gasteiger partial charge in [0.15, 0.2) is 0 Å². The Balaban J connectivity index is 0.00000240. The number of fused-ring (bicyclic) bond motifs is 2. The van der Waals surface area contributed by atoms with Crippen LogP contribution in [0.25, 0.3) is 0 Å². The molecule has 1 amide bonds. The van der Waals surface area contributed by atoms with Crippen LogP contribution < -0.4 is 10.0 Å². The smallest absolute Gasteiger partial charge is 0.254 e. The predicted octanol–water partition coefficient (Wildman–Crippen LogP) is 2.55. The molecule has 2 aliphatic heterocycles. The SMILES string of the molecule is Cl.O=C(c1cccc(S(=O)(=O)NCc2ccccc2)c1)N1C2CCNCC1CC2. The number of hydrogen-bond donors (Lipinski definition) is 2. The number of amides is 1. The Hall–Kier alpha value is -1.93. The summed E-state index contributed by atoms with van der Waals surface area (Å²) in [6.45, 7) is 1.94. The van der Waals surface area contributed by atoms with E-state index in [0.717, 1.165) is 37.9 Å². The second kappa shape index (κ2) is 9.26. The standard InChI is InChI=1S/C21H25N3O3S.ClH/c25-21(24-18-9-10-19(24)15-22-12-11-18)17-7-4-8-20(13-17)28(26,27)23-14-16-5-2-1-3-6-16;/h1-8,13,18-19,22-23H,9-12,14-15H2;1H. The van der Waals surface area contributed by atoms with E-state index >= 15 is 0 Å². The van der Waals surface area contributed by atoms with E-state index in [4.69, 9.17) is 0 Å². The highest BCUT2D eigenvalue weighted by molar-refractivity contribution is 7.89. The molecule has 2 fully saturated rings. The first-order chi connectivity index (χ1) is 13.5. The topological polar surface area (TPSA) is 78.5 Å². The molecule has 0 aliphatic carbocycles. The molecule has 6 nitrogen and oxygen atoms in total. The van der Waals surface area contributed by atoms with Gasteiger partial charge in [-0.05, 0) is 49.6 Å². The van der Waals surface area contributed by atoms with Crippen molar-refractivity contribution in [3.05, 3.63) is 65.7 Å². The molecular formula is C21H26ClN3O3S. The molecule has 0 radical (unpaired) electrons. The number of sulfonamides is 1. The normalized spacial score (nSPS) is 21.3. The summed E-state index contributed by atoms with van der Waals surface area (Å²) < 4.78 is 28.0. The largest absolute Gasteiger partial charge is 0.331 e. The minimum absolute atomic E-state index is 0. The highest BCUT2D eigenvalue weighted by Gasteiger charge is 2.38. The quantitative estimate of drug-likeness (QED) is 0.756. The first kappa shape index (κ1) is 21.8. The van der Waals surface area contributed by atoms with Crippen LogP contribution in [-0.2, 0) is 16.6 Å². The minimum Gasteiger partial charge on any atom is -0.331 e. The minimum atomic E-state index is -3.70. The molecule has 2 N–H and O–H groups in total. The number of halogens is 1. The second-order valence-corrected chi connectivity index (χ2v) is 9.20. The number of nitrogens with one attached hydrogen (secondary N) is 2. The molecule has 2 unspecified atom stereocenters. The number of carbonyl (C=O) groups excluding carboxylic acids is 1. The van der Waals surface area contributed by atoms with E-state index < -0.39 is 10.0 Å². The molecule has 4 rings (SSSR count). The van der Waals surface area contributed by atoms with Crippen LogP contribution in [0.3, 0.4) is 0 Å². The van der Waals surface area contributed by atoms with E-state index in [2.05, 4.69) is 10.0 Å². The van der Waals surface area contributed by atoms with Crippen molar-refractivity contribution in [1.29, 1.82) is 0 Å². The molecule has 29 heavy (non-hydrogen) atoms. The fourth-order valence-electron chi connectivity index (χ4n) is 4.12. The van der Waals surface area contributed by atoms with Crippen LogP contribution >= 0.6 is 12.4 Å². The predicted molar refractivity (Wildman–Crippen MR) is 115 cm³/mol. The van der Waals surface area contributed by atoms with Gasteiger partial charge in [0.05, 0.1) is 4.90 Å². The number of hydrogen-bond acceptors (Lipinski definition) is 4. The summed E-state index contributed by atoms with van der Waals surface area (Å²) in [4.78, 5) is 15.2.